The molecule has 0 aliphatic heterocycles. The van der Waals surface area contributed by atoms with Gasteiger partial charge >= 0.3 is 23.1 Å². The molecule has 2 nitrogen and oxygen atoms in total. The van der Waals surface area contributed by atoms with Gasteiger partial charge in [0.15, 0.2) is 0 Å². The average molecular weight is 393 g/mol. The fraction of sp³-hybridized carbons (Fsp3) is 0.800. The van der Waals surface area contributed by atoms with E-state index >= 15 is 0 Å². The molecule has 0 N–H and O–H groups in total. The summed E-state index contributed by atoms with van der Waals surface area (Å²) >= 11 is 0. The van der Waals surface area contributed by atoms with Gasteiger partial charge in [0.1, 0.15) is 6.79 Å². The van der Waals surface area contributed by atoms with Gasteiger partial charge in [-0.1, -0.05) is 45.1 Å². The van der Waals surface area contributed by atoms with Gasteiger partial charge in [-0.2, -0.15) is 6.42 Å². The molecule has 0 aromatic carbocycles. The first-order valence-electron chi connectivity index (χ1n) is 7.01. The number of hydrogen-bond donors (Lipinski definition) is 0. The van der Waals surface area contributed by atoms with Crippen LogP contribution in [0.1, 0.15) is 58.3 Å². The van der Waals surface area contributed by atoms with E-state index in [4.69, 9.17) is 9.47 Å². The Kier molecular flexibility index (Phi) is 32.0. The summed E-state index contributed by atoms with van der Waals surface area (Å²) in [5, 5.41) is 0. The number of unbranched alkanes of at least 4 members (excludes halogenated alkanes) is 5. The van der Waals surface area contributed by atoms with Crippen molar-refractivity contribution in [3.05, 3.63) is 19.1 Å². The number of halogens is 1. The third-order valence-corrected chi connectivity index (χ3v) is 2.57. The molecule has 0 heterocycles. The summed E-state index contributed by atoms with van der Waals surface area (Å²) in [6.45, 7) is 7.99. The van der Waals surface area contributed by atoms with Crippen LogP contribution in [-0.4, -0.2) is 43.1 Å². The molecule has 0 unspecified atom stereocenters. The molecule has 0 radical (unpaired) electrons. The molecule has 0 rings (SSSR count). The summed E-state index contributed by atoms with van der Waals surface area (Å²) in [6, 6.07) is 0. The van der Waals surface area contributed by atoms with Crippen molar-refractivity contribution in [3.63, 3.8) is 0 Å². The van der Waals surface area contributed by atoms with Crippen molar-refractivity contribution in [2.24, 2.45) is 0 Å². The van der Waals surface area contributed by atoms with Crippen LogP contribution in [0.4, 0.5) is 0 Å². The molecular weight excluding hydrogens is 363 g/mol. The van der Waals surface area contributed by atoms with Gasteiger partial charge in [0, 0.05) is 6.61 Å². The van der Waals surface area contributed by atoms with Crippen LogP contribution in [0.5, 0.6) is 0 Å². The second-order valence-electron chi connectivity index (χ2n) is 4.25. The molecule has 0 saturated heterocycles. The molecule has 0 fully saturated rings. The summed E-state index contributed by atoms with van der Waals surface area (Å²) in [7, 11) is 0. The Morgan fingerprint density at radius 2 is 1.53 bits per heavy atom. The molecule has 0 amide bonds. The van der Waals surface area contributed by atoms with Crippen LogP contribution in [-0.2, 0) is 9.47 Å². The average Bonchev–Trinajstić information content (AvgIpc) is 2.35. The monoisotopic (exact) mass is 392 g/mol. The normalized spacial score (nSPS) is 10.2. The van der Waals surface area contributed by atoms with E-state index in [1.807, 2.05) is 0 Å². The number of rotatable bonds is 13. The SMILES string of the molecule is [CH2-]C/C=C/CCOCOCCCCCCCC.[I-].[Mg+2]. The number of hydrogen-bond acceptors (Lipinski definition) is 2. The predicted octanol–water partition coefficient (Wildman–Crippen LogP) is 1.13. The molecule has 4 heteroatoms. The van der Waals surface area contributed by atoms with Crippen molar-refractivity contribution in [3.8, 4) is 0 Å². The Hall–Kier alpha value is 1.16. The Labute approximate surface area is 153 Å². The molecule has 0 aliphatic carbocycles. The molecule has 0 saturated carbocycles. The Bertz CT molecular complexity index is 166. The van der Waals surface area contributed by atoms with E-state index in [1.165, 1.54) is 32.1 Å². The molecule has 0 spiro atoms. The van der Waals surface area contributed by atoms with E-state index in [0.29, 0.717) is 6.79 Å². The first-order valence-corrected chi connectivity index (χ1v) is 7.01. The van der Waals surface area contributed by atoms with Gasteiger partial charge in [-0.25, -0.2) is 0 Å². The first kappa shape index (κ1) is 25.1. The molecule has 0 aromatic rings. The van der Waals surface area contributed by atoms with Gasteiger partial charge in [0.25, 0.3) is 0 Å². The molecule has 0 aliphatic rings. The minimum atomic E-state index is 0. The third kappa shape index (κ3) is 24.5. The zero-order valence-corrected chi connectivity index (χ0v) is 16.1. The van der Waals surface area contributed by atoms with Crippen molar-refractivity contribution in [1.29, 1.82) is 0 Å². The molecule has 19 heavy (non-hydrogen) atoms. The topological polar surface area (TPSA) is 18.5 Å². The molecular formula is C15H29IMgO2. The van der Waals surface area contributed by atoms with Gasteiger partial charge in [-0.15, -0.1) is 6.08 Å². The maximum atomic E-state index is 5.39. The fourth-order valence-corrected chi connectivity index (χ4v) is 1.55. The molecule has 0 atom stereocenters. The standard InChI is InChI=1S/C15H29O2.HI.Mg/c1-3-5-7-9-10-12-14-17-15-16-13-11-8-6-4-2;;/h6,8H,2-5,7,9-15H2,1H3;1H;/q-1;;+2/p-1/b8-6+;;. The van der Waals surface area contributed by atoms with Crippen LogP contribution in [0.15, 0.2) is 12.2 Å². The minimum Gasteiger partial charge on any atom is -1.00 e. The number of ether oxygens (including phenoxy) is 2. The van der Waals surface area contributed by atoms with Crippen molar-refractivity contribution < 1.29 is 33.5 Å². The molecule has 110 valence electrons. The Morgan fingerprint density at radius 3 is 2.21 bits per heavy atom. The van der Waals surface area contributed by atoms with Crippen molar-refractivity contribution in [2.45, 2.75) is 58.3 Å². The van der Waals surface area contributed by atoms with Crippen LogP contribution in [0.25, 0.3) is 0 Å². The largest absolute Gasteiger partial charge is 2.00 e. The quantitative estimate of drug-likeness (QED) is 0.117. The molecule has 0 aromatic heterocycles. The predicted molar refractivity (Wildman–Crippen MR) is 79.6 cm³/mol. The molecule has 0 bridgehead atoms. The van der Waals surface area contributed by atoms with E-state index in [0.717, 1.165) is 32.5 Å². The Balaban J connectivity index is -0.00000128. The summed E-state index contributed by atoms with van der Waals surface area (Å²) in [4.78, 5) is 0. The number of allylic oxidation sites excluding steroid dienone is 1. The summed E-state index contributed by atoms with van der Waals surface area (Å²) < 4.78 is 10.7. The van der Waals surface area contributed by atoms with Crippen molar-refractivity contribution >= 4 is 23.1 Å². The minimum absolute atomic E-state index is 0. The second-order valence-corrected chi connectivity index (χ2v) is 4.25. The zero-order valence-electron chi connectivity index (χ0n) is 12.5. The van der Waals surface area contributed by atoms with E-state index in [9.17, 15) is 0 Å². The van der Waals surface area contributed by atoms with Crippen LogP contribution >= 0.6 is 0 Å². The summed E-state index contributed by atoms with van der Waals surface area (Å²) in [6.07, 6.45) is 13.8. The van der Waals surface area contributed by atoms with E-state index in [2.05, 4.69) is 26.0 Å². The van der Waals surface area contributed by atoms with E-state index in [1.54, 1.807) is 0 Å². The smallest absolute Gasteiger partial charge is 1.00 e. The van der Waals surface area contributed by atoms with Crippen LogP contribution in [0, 0.1) is 6.92 Å². The second kappa shape index (κ2) is 24.2. The zero-order chi connectivity index (χ0) is 12.6. The van der Waals surface area contributed by atoms with Gasteiger partial charge in [0.2, 0.25) is 0 Å². The van der Waals surface area contributed by atoms with Gasteiger partial charge in [0.05, 0.1) is 6.61 Å². The van der Waals surface area contributed by atoms with E-state index < -0.39 is 0 Å². The van der Waals surface area contributed by atoms with Crippen molar-refractivity contribution in [2.75, 3.05) is 20.0 Å². The first-order chi connectivity index (χ1) is 8.41. The van der Waals surface area contributed by atoms with Gasteiger partial charge in [-0.05, 0) is 12.8 Å². The van der Waals surface area contributed by atoms with Crippen LogP contribution in [0.2, 0.25) is 0 Å². The summed E-state index contributed by atoms with van der Waals surface area (Å²) in [5.74, 6) is 0. The summed E-state index contributed by atoms with van der Waals surface area (Å²) in [5.41, 5.74) is 0. The maximum absolute atomic E-state index is 5.39. The van der Waals surface area contributed by atoms with E-state index in [-0.39, 0.29) is 47.0 Å². The van der Waals surface area contributed by atoms with Crippen LogP contribution in [0.3, 0.4) is 0 Å². The van der Waals surface area contributed by atoms with Crippen molar-refractivity contribution in [1.82, 2.24) is 0 Å². The van der Waals surface area contributed by atoms with Gasteiger partial charge < -0.3 is 40.4 Å². The van der Waals surface area contributed by atoms with Crippen LogP contribution < -0.4 is 24.0 Å². The van der Waals surface area contributed by atoms with Gasteiger partial charge in [-0.3, -0.25) is 0 Å². The maximum Gasteiger partial charge on any atom is 2.00 e. The fourth-order valence-electron chi connectivity index (χ4n) is 1.55. The third-order valence-electron chi connectivity index (χ3n) is 2.57. The Morgan fingerprint density at radius 1 is 0.895 bits per heavy atom.